The van der Waals surface area contributed by atoms with Gasteiger partial charge in [-0.1, -0.05) is 0 Å². The van der Waals surface area contributed by atoms with E-state index in [4.69, 9.17) is 14.6 Å². The normalized spacial score (nSPS) is 27.9. The second kappa shape index (κ2) is 6.72. The van der Waals surface area contributed by atoms with E-state index in [0.29, 0.717) is 13.1 Å². The third-order valence-electron chi connectivity index (χ3n) is 3.38. The fourth-order valence-electron chi connectivity index (χ4n) is 2.26. The van der Waals surface area contributed by atoms with Gasteiger partial charge >= 0.3 is 12.0 Å². The summed E-state index contributed by atoms with van der Waals surface area (Å²) in [6, 6.07) is -0.247. The molecule has 2 amide bonds. The first-order chi connectivity index (χ1) is 9.16. The molecule has 7 heteroatoms. The van der Waals surface area contributed by atoms with Gasteiger partial charge in [-0.05, 0) is 19.3 Å². The monoisotopic (exact) mass is 272 g/mol. The van der Waals surface area contributed by atoms with Gasteiger partial charge in [-0.2, -0.15) is 0 Å². The molecule has 0 radical (unpaired) electrons. The highest BCUT2D eigenvalue weighted by molar-refractivity contribution is 5.77. The highest BCUT2D eigenvalue weighted by Crippen LogP contribution is 2.12. The van der Waals surface area contributed by atoms with Crippen molar-refractivity contribution in [1.82, 2.24) is 10.2 Å². The van der Waals surface area contributed by atoms with Gasteiger partial charge in [0.15, 0.2) is 6.10 Å². The van der Waals surface area contributed by atoms with Crippen LogP contribution in [0.4, 0.5) is 4.79 Å². The molecule has 2 saturated heterocycles. The number of hydrogen-bond donors (Lipinski definition) is 2. The van der Waals surface area contributed by atoms with Crippen LogP contribution < -0.4 is 5.32 Å². The minimum Gasteiger partial charge on any atom is -0.479 e. The van der Waals surface area contributed by atoms with Crippen LogP contribution in [0.15, 0.2) is 0 Å². The van der Waals surface area contributed by atoms with Gasteiger partial charge in [-0.3, -0.25) is 0 Å². The van der Waals surface area contributed by atoms with E-state index in [9.17, 15) is 9.59 Å². The summed E-state index contributed by atoms with van der Waals surface area (Å²) in [5.41, 5.74) is 0. The van der Waals surface area contributed by atoms with Crippen LogP contribution in [0.25, 0.3) is 0 Å². The molecule has 0 aromatic carbocycles. The van der Waals surface area contributed by atoms with E-state index >= 15 is 0 Å². The highest BCUT2D eigenvalue weighted by atomic mass is 16.5. The first-order valence-electron chi connectivity index (χ1n) is 6.65. The number of carboxylic acid groups (broad SMARTS) is 1. The second-order valence-corrected chi connectivity index (χ2v) is 4.82. The van der Waals surface area contributed by atoms with Crippen molar-refractivity contribution in [3.8, 4) is 0 Å². The molecule has 108 valence electrons. The van der Waals surface area contributed by atoms with Crippen molar-refractivity contribution in [3.63, 3.8) is 0 Å². The first kappa shape index (κ1) is 14.1. The summed E-state index contributed by atoms with van der Waals surface area (Å²) in [6.07, 6.45) is 2.31. The van der Waals surface area contributed by atoms with Gasteiger partial charge in [0, 0.05) is 19.7 Å². The van der Waals surface area contributed by atoms with Gasteiger partial charge in [-0.15, -0.1) is 0 Å². The van der Waals surface area contributed by atoms with Gasteiger partial charge in [-0.25, -0.2) is 9.59 Å². The minimum atomic E-state index is -1.03. The van der Waals surface area contributed by atoms with Crippen LogP contribution in [0.2, 0.25) is 0 Å². The Morgan fingerprint density at radius 1 is 1.26 bits per heavy atom. The molecule has 2 unspecified atom stereocenters. The molecule has 0 aromatic heterocycles. The summed E-state index contributed by atoms with van der Waals surface area (Å²) in [7, 11) is 0. The lowest BCUT2D eigenvalue weighted by Crippen LogP contribution is -2.52. The number of rotatable bonds is 3. The number of aliphatic carboxylic acids is 1. The Morgan fingerprint density at radius 2 is 2.11 bits per heavy atom. The van der Waals surface area contributed by atoms with Crippen LogP contribution in [0.1, 0.15) is 19.3 Å². The van der Waals surface area contributed by atoms with E-state index in [0.717, 1.165) is 25.9 Å². The van der Waals surface area contributed by atoms with Crippen molar-refractivity contribution in [2.24, 2.45) is 0 Å². The van der Waals surface area contributed by atoms with Crippen molar-refractivity contribution in [1.29, 1.82) is 0 Å². The number of nitrogens with one attached hydrogen (secondary N) is 1. The minimum absolute atomic E-state index is 0.0778. The maximum atomic E-state index is 11.9. The molecule has 7 nitrogen and oxygen atoms in total. The molecule has 2 atom stereocenters. The van der Waals surface area contributed by atoms with Crippen molar-refractivity contribution in [3.05, 3.63) is 0 Å². The number of nitrogens with zero attached hydrogens (tertiary/aromatic N) is 1. The third kappa shape index (κ3) is 4.07. The largest absolute Gasteiger partial charge is 0.479 e. The number of carbonyl (C=O) groups is 2. The Bertz CT molecular complexity index is 330. The molecular weight excluding hydrogens is 252 g/mol. The number of amides is 2. The maximum Gasteiger partial charge on any atom is 0.334 e. The molecule has 0 saturated carbocycles. The summed E-state index contributed by atoms with van der Waals surface area (Å²) in [5, 5.41) is 11.7. The molecule has 0 aliphatic carbocycles. The SMILES string of the molecule is O=C(O)C1CN(C(=O)NCC2CCCCO2)CCO1. The van der Waals surface area contributed by atoms with Crippen molar-refractivity contribution in [2.75, 3.05) is 32.8 Å². The van der Waals surface area contributed by atoms with Gasteiger partial charge in [0.25, 0.3) is 0 Å². The van der Waals surface area contributed by atoms with Crippen LogP contribution in [-0.4, -0.2) is 67.1 Å². The van der Waals surface area contributed by atoms with E-state index in [1.807, 2.05) is 0 Å². The number of urea groups is 1. The molecule has 2 N–H and O–H groups in total. The zero-order valence-electron chi connectivity index (χ0n) is 10.8. The van der Waals surface area contributed by atoms with Crippen molar-refractivity contribution >= 4 is 12.0 Å². The van der Waals surface area contributed by atoms with E-state index in [2.05, 4.69) is 5.32 Å². The molecule has 2 heterocycles. The Labute approximate surface area is 111 Å². The molecule has 0 spiro atoms. The summed E-state index contributed by atoms with van der Waals surface area (Å²) in [5.74, 6) is -1.03. The number of carbonyl (C=O) groups excluding carboxylic acids is 1. The Kier molecular flexibility index (Phi) is 4.98. The van der Waals surface area contributed by atoms with Gasteiger partial charge in [0.05, 0.1) is 19.3 Å². The highest BCUT2D eigenvalue weighted by Gasteiger charge is 2.29. The molecule has 0 aromatic rings. The van der Waals surface area contributed by atoms with Crippen molar-refractivity contribution in [2.45, 2.75) is 31.5 Å². The quantitative estimate of drug-likeness (QED) is 0.758. The lowest BCUT2D eigenvalue weighted by atomic mass is 10.1. The Balaban J connectivity index is 1.74. The fraction of sp³-hybridized carbons (Fsp3) is 0.833. The number of ether oxygens (including phenoxy) is 2. The van der Waals surface area contributed by atoms with Gasteiger partial charge in [0.1, 0.15) is 0 Å². The van der Waals surface area contributed by atoms with E-state index in [-0.39, 0.29) is 25.3 Å². The average Bonchev–Trinajstić information content (AvgIpc) is 2.46. The maximum absolute atomic E-state index is 11.9. The van der Waals surface area contributed by atoms with Crippen LogP contribution in [-0.2, 0) is 14.3 Å². The van der Waals surface area contributed by atoms with Crippen LogP contribution in [0.5, 0.6) is 0 Å². The molecule has 0 bridgehead atoms. The molecule has 2 rings (SSSR count). The van der Waals surface area contributed by atoms with Crippen LogP contribution >= 0.6 is 0 Å². The predicted molar refractivity (Wildman–Crippen MR) is 65.9 cm³/mol. The number of morpholine rings is 1. The number of carboxylic acids is 1. The summed E-state index contributed by atoms with van der Waals surface area (Å²) in [6.45, 7) is 1.99. The average molecular weight is 272 g/mol. The van der Waals surface area contributed by atoms with E-state index in [1.165, 1.54) is 4.90 Å². The molecular formula is C12H20N2O5. The Morgan fingerprint density at radius 3 is 2.79 bits per heavy atom. The number of hydrogen-bond acceptors (Lipinski definition) is 4. The topological polar surface area (TPSA) is 88.1 Å². The molecule has 19 heavy (non-hydrogen) atoms. The smallest absolute Gasteiger partial charge is 0.334 e. The van der Waals surface area contributed by atoms with Gasteiger partial charge < -0.3 is 24.8 Å². The standard InChI is InChI=1S/C12H20N2O5/c15-11(16)10-8-14(4-6-19-10)12(17)13-7-9-3-1-2-5-18-9/h9-10H,1-8H2,(H,13,17)(H,15,16). The lowest BCUT2D eigenvalue weighted by molar-refractivity contribution is -0.154. The first-order valence-corrected chi connectivity index (χ1v) is 6.65. The molecule has 2 fully saturated rings. The zero-order valence-corrected chi connectivity index (χ0v) is 10.8. The summed E-state index contributed by atoms with van der Waals surface area (Å²) >= 11 is 0. The van der Waals surface area contributed by atoms with Crippen molar-refractivity contribution < 1.29 is 24.2 Å². The summed E-state index contributed by atoms with van der Waals surface area (Å²) < 4.78 is 10.6. The van der Waals surface area contributed by atoms with Crippen LogP contribution in [0, 0.1) is 0 Å². The molecule has 2 aliphatic rings. The fourth-order valence-corrected chi connectivity index (χ4v) is 2.26. The predicted octanol–water partition coefficient (Wildman–Crippen LogP) is 0.0505. The molecule has 2 aliphatic heterocycles. The van der Waals surface area contributed by atoms with Gasteiger partial charge in [0.2, 0.25) is 0 Å². The van der Waals surface area contributed by atoms with E-state index in [1.54, 1.807) is 0 Å². The van der Waals surface area contributed by atoms with E-state index < -0.39 is 12.1 Å². The second-order valence-electron chi connectivity index (χ2n) is 4.82. The third-order valence-corrected chi connectivity index (χ3v) is 3.38. The van der Waals surface area contributed by atoms with Crippen LogP contribution in [0.3, 0.4) is 0 Å². The summed E-state index contributed by atoms with van der Waals surface area (Å²) in [4.78, 5) is 24.2. The Hall–Kier alpha value is -1.34. The zero-order chi connectivity index (χ0) is 13.7. The lowest BCUT2D eigenvalue weighted by Gasteiger charge is -2.31.